The number of nitrogens with zero attached hydrogens (tertiary/aromatic N) is 3. The van der Waals surface area contributed by atoms with E-state index < -0.39 is 4.92 Å². The molecule has 0 atom stereocenters. The van der Waals surface area contributed by atoms with Crippen molar-refractivity contribution in [1.82, 2.24) is 10.1 Å². The van der Waals surface area contributed by atoms with Crippen LogP contribution in [-0.4, -0.2) is 15.1 Å². The van der Waals surface area contributed by atoms with E-state index in [9.17, 15) is 10.1 Å². The van der Waals surface area contributed by atoms with E-state index in [0.717, 1.165) is 5.69 Å². The number of rotatable bonds is 4. The van der Waals surface area contributed by atoms with Crippen LogP contribution in [0.25, 0.3) is 0 Å². The van der Waals surface area contributed by atoms with E-state index in [1.165, 1.54) is 18.5 Å². The molecule has 0 aromatic carbocycles. The first-order valence-electron chi connectivity index (χ1n) is 4.60. The molecule has 0 fully saturated rings. The van der Waals surface area contributed by atoms with Gasteiger partial charge in [-0.25, -0.2) is 4.98 Å². The van der Waals surface area contributed by atoms with Crippen molar-refractivity contribution in [3.05, 3.63) is 44.9 Å². The summed E-state index contributed by atoms with van der Waals surface area (Å²) in [5.41, 5.74) is 0.654. The van der Waals surface area contributed by atoms with E-state index in [1.807, 2.05) is 0 Å². The number of halogens is 1. The van der Waals surface area contributed by atoms with Crippen LogP contribution < -0.4 is 5.32 Å². The summed E-state index contributed by atoms with van der Waals surface area (Å²) in [6.07, 6.45) is 2.66. The molecule has 2 aromatic heterocycles. The fourth-order valence-electron chi connectivity index (χ4n) is 1.16. The van der Waals surface area contributed by atoms with Crippen molar-refractivity contribution in [2.24, 2.45) is 0 Å². The van der Waals surface area contributed by atoms with Crippen molar-refractivity contribution in [1.29, 1.82) is 0 Å². The molecule has 2 aromatic rings. The molecule has 0 saturated heterocycles. The van der Waals surface area contributed by atoms with Gasteiger partial charge in [0.2, 0.25) is 0 Å². The number of nitro groups is 1. The molecule has 0 radical (unpaired) electrons. The van der Waals surface area contributed by atoms with Crippen LogP contribution in [-0.2, 0) is 6.54 Å². The first-order chi connectivity index (χ1) is 8.16. The molecular formula is C9H7BrN4O3. The number of hydrogen-bond donors (Lipinski definition) is 1. The second-order valence-corrected chi connectivity index (χ2v) is 3.98. The Kier molecular flexibility index (Phi) is 3.33. The Morgan fingerprint density at radius 2 is 2.41 bits per heavy atom. The van der Waals surface area contributed by atoms with Crippen molar-refractivity contribution in [2.75, 3.05) is 5.32 Å². The molecule has 17 heavy (non-hydrogen) atoms. The minimum absolute atomic E-state index is 0.0659. The normalized spacial score (nSPS) is 10.2. The molecule has 1 N–H and O–H groups in total. The van der Waals surface area contributed by atoms with Gasteiger partial charge in [0.15, 0.2) is 0 Å². The highest BCUT2D eigenvalue weighted by Gasteiger charge is 2.10. The van der Waals surface area contributed by atoms with Gasteiger partial charge in [0, 0.05) is 12.1 Å². The molecular weight excluding hydrogens is 292 g/mol. The van der Waals surface area contributed by atoms with Gasteiger partial charge in [0.1, 0.15) is 24.0 Å². The van der Waals surface area contributed by atoms with E-state index in [2.05, 4.69) is 35.9 Å². The topological polar surface area (TPSA) is 94.1 Å². The summed E-state index contributed by atoms with van der Waals surface area (Å²) >= 11 is 3.21. The molecule has 0 bridgehead atoms. The van der Waals surface area contributed by atoms with Gasteiger partial charge in [-0.3, -0.25) is 10.1 Å². The van der Waals surface area contributed by atoms with Crippen molar-refractivity contribution < 1.29 is 9.45 Å². The Morgan fingerprint density at radius 1 is 1.59 bits per heavy atom. The molecule has 0 aliphatic carbocycles. The second-order valence-electron chi connectivity index (χ2n) is 3.13. The number of aromatic nitrogens is 2. The van der Waals surface area contributed by atoms with E-state index in [-0.39, 0.29) is 5.69 Å². The zero-order chi connectivity index (χ0) is 12.3. The van der Waals surface area contributed by atoms with E-state index in [1.54, 1.807) is 6.07 Å². The van der Waals surface area contributed by atoms with Gasteiger partial charge < -0.3 is 9.84 Å². The Labute approximate surface area is 104 Å². The zero-order valence-electron chi connectivity index (χ0n) is 8.46. The highest BCUT2D eigenvalue weighted by molar-refractivity contribution is 9.10. The molecule has 0 amide bonds. The molecule has 0 spiro atoms. The Balaban J connectivity index is 2.09. The SMILES string of the molecule is O=[N+]([O-])c1cnc(NCc2ccon2)c(Br)c1. The van der Waals surface area contributed by atoms with Gasteiger partial charge in [-0.05, 0) is 15.9 Å². The molecule has 0 aliphatic heterocycles. The first-order valence-corrected chi connectivity index (χ1v) is 5.39. The quantitative estimate of drug-likeness (QED) is 0.688. The number of hydrogen-bond acceptors (Lipinski definition) is 6. The van der Waals surface area contributed by atoms with Crippen LogP contribution in [0.4, 0.5) is 11.5 Å². The molecule has 0 aliphatic rings. The lowest BCUT2D eigenvalue weighted by atomic mass is 10.4. The van der Waals surface area contributed by atoms with Gasteiger partial charge in [0.25, 0.3) is 5.69 Å². The van der Waals surface area contributed by atoms with Crippen LogP contribution >= 0.6 is 15.9 Å². The predicted molar refractivity (Wildman–Crippen MR) is 62.4 cm³/mol. The van der Waals surface area contributed by atoms with Crippen molar-refractivity contribution in [3.63, 3.8) is 0 Å². The molecule has 7 nitrogen and oxygen atoms in total. The largest absolute Gasteiger partial charge is 0.364 e. The highest BCUT2D eigenvalue weighted by Crippen LogP contribution is 2.24. The maximum absolute atomic E-state index is 10.5. The third-order valence-electron chi connectivity index (χ3n) is 1.97. The Bertz CT molecular complexity index is 529. The summed E-state index contributed by atoms with van der Waals surface area (Å²) < 4.78 is 5.20. The molecule has 8 heteroatoms. The zero-order valence-corrected chi connectivity index (χ0v) is 10.0. The molecule has 0 saturated carbocycles. The fraction of sp³-hybridized carbons (Fsp3) is 0.111. The molecule has 0 unspecified atom stereocenters. The minimum atomic E-state index is -0.501. The smallest absolute Gasteiger partial charge is 0.288 e. The van der Waals surface area contributed by atoms with E-state index >= 15 is 0 Å². The Morgan fingerprint density at radius 3 is 3.00 bits per heavy atom. The fourth-order valence-corrected chi connectivity index (χ4v) is 1.64. The lowest BCUT2D eigenvalue weighted by Crippen LogP contribution is -2.02. The van der Waals surface area contributed by atoms with Crippen LogP contribution in [0.3, 0.4) is 0 Å². The minimum Gasteiger partial charge on any atom is -0.364 e. The monoisotopic (exact) mass is 298 g/mol. The van der Waals surface area contributed by atoms with Gasteiger partial charge in [-0.2, -0.15) is 0 Å². The van der Waals surface area contributed by atoms with Gasteiger partial charge in [0.05, 0.1) is 15.9 Å². The third kappa shape index (κ3) is 2.78. The van der Waals surface area contributed by atoms with Crippen LogP contribution in [0.2, 0.25) is 0 Å². The average Bonchev–Trinajstić information content (AvgIpc) is 2.80. The lowest BCUT2D eigenvalue weighted by molar-refractivity contribution is -0.385. The summed E-state index contributed by atoms with van der Waals surface area (Å²) in [6.45, 7) is 0.430. The van der Waals surface area contributed by atoms with Gasteiger partial charge >= 0.3 is 0 Å². The van der Waals surface area contributed by atoms with Crippen molar-refractivity contribution >= 4 is 27.4 Å². The Hall–Kier alpha value is -1.96. The molecule has 2 heterocycles. The molecule has 2 rings (SSSR count). The number of nitrogens with one attached hydrogen (secondary N) is 1. The lowest BCUT2D eigenvalue weighted by Gasteiger charge is -2.04. The van der Waals surface area contributed by atoms with Crippen molar-refractivity contribution in [3.8, 4) is 0 Å². The summed E-state index contributed by atoms with van der Waals surface area (Å²) in [5, 5.41) is 17.2. The highest BCUT2D eigenvalue weighted by atomic mass is 79.9. The van der Waals surface area contributed by atoms with Crippen LogP contribution in [0.5, 0.6) is 0 Å². The maximum Gasteiger partial charge on any atom is 0.288 e. The predicted octanol–water partition coefficient (Wildman–Crippen LogP) is 2.35. The summed E-state index contributed by atoms with van der Waals surface area (Å²) in [6, 6.07) is 3.10. The van der Waals surface area contributed by atoms with Gasteiger partial charge in [-0.1, -0.05) is 5.16 Å². The first kappa shape index (κ1) is 11.5. The van der Waals surface area contributed by atoms with Gasteiger partial charge in [-0.15, -0.1) is 0 Å². The summed E-state index contributed by atoms with van der Waals surface area (Å²) in [7, 11) is 0. The van der Waals surface area contributed by atoms with Crippen molar-refractivity contribution in [2.45, 2.75) is 6.54 Å². The summed E-state index contributed by atoms with van der Waals surface area (Å²) in [5.74, 6) is 0.513. The third-order valence-corrected chi connectivity index (χ3v) is 2.57. The van der Waals surface area contributed by atoms with Crippen LogP contribution in [0.1, 0.15) is 5.69 Å². The van der Waals surface area contributed by atoms with E-state index in [0.29, 0.717) is 16.8 Å². The van der Waals surface area contributed by atoms with Crippen LogP contribution in [0.15, 0.2) is 33.6 Å². The maximum atomic E-state index is 10.5. The second kappa shape index (κ2) is 4.91. The summed E-state index contributed by atoms with van der Waals surface area (Å²) in [4.78, 5) is 14.0. The number of anilines is 1. The number of pyridine rings is 1. The van der Waals surface area contributed by atoms with Crippen LogP contribution in [0, 0.1) is 10.1 Å². The molecule has 88 valence electrons. The van der Waals surface area contributed by atoms with E-state index in [4.69, 9.17) is 0 Å². The average molecular weight is 299 g/mol. The standard InChI is InChI=1S/C9H7BrN4O3/c10-8-3-7(14(15)16)5-12-9(8)11-4-6-1-2-17-13-6/h1-3,5H,4H2,(H,11,12).